The Morgan fingerprint density at radius 2 is 0.807 bits per heavy atom. The molecule has 0 aromatic carbocycles. The van der Waals surface area contributed by atoms with E-state index < -0.39 is 124 Å². The van der Waals surface area contributed by atoms with Gasteiger partial charge in [0.1, 0.15) is 73.2 Å². The van der Waals surface area contributed by atoms with Crippen molar-refractivity contribution in [1.29, 1.82) is 0 Å². The first-order valence-corrected chi connectivity index (χ1v) is 31.7. The van der Waals surface area contributed by atoms with Gasteiger partial charge in [-0.1, -0.05) is 177 Å². The van der Waals surface area contributed by atoms with Gasteiger partial charge in [0.15, 0.2) is 18.9 Å². The molecule has 480 valence electrons. The molecule has 0 aliphatic carbocycles. The van der Waals surface area contributed by atoms with E-state index in [2.05, 4.69) is 79.9 Å². The molecule has 19 heteroatoms. The van der Waals surface area contributed by atoms with Gasteiger partial charge in [0, 0.05) is 6.42 Å². The summed E-state index contributed by atoms with van der Waals surface area (Å²) in [5.74, 6) is -0.305. The third-order valence-electron chi connectivity index (χ3n) is 15.5. The smallest absolute Gasteiger partial charge is 0.220 e. The van der Waals surface area contributed by atoms with E-state index in [9.17, 15) is 61.0 Å². The summed E-state index contributed by atoms with van der Waals surface area (Å²) in [5, 5.41) is 120. The van der Waals surface area contributed by atoms with Gasteiger partial charge in [-0.3, -0.25) is 4.79 Å². The SMILES string of the molecule is CCCCC/C=C\C/C=C\C/C=C\CCCCCCCCC(=O)NC(COC1OC(CO)C(OC2OC(CO)C(OC3OC(CO)C(O)C(O)C3O)C(O)C2O)C(O)C1O)C(O)/C=C/CC/C=C/CC/C=C/CCCCCCCCCCC. The summed E-state index contributed by atoms with van der Waals surface area (Å²) in [6.07, 6.45) is 28.7. The number of rotatable bonds is 46. The van der Waals surface area contributed by atoms with Crippen LogP contribution >= 0.6 is 0 Å². The molecule has 12 N–H and O–H groups in total. The standard InChI is InChI=1S/C64H111NO18/c1-3-5-7-9-11-13-15-17-19-21-23-25-27-29-31-33-35-37-39-41-48(69)47(65-52(70)42-40-38-36-34-32-30-28-26-24-22-20-18-16-14-12-10-8-6-4-2)46-78-62-58(76)55(73)60(50(44-67)80-62)83-64-59(77)56(74)61(51(45-68)81-64)82-63-57(75)54(72)53(71)49(43-66)79-63/h12,14,18,20,23-26,31,33,39,41,47-51,53-64,66-69,71-77H,3-11,13,15-17,19,21-22,27-30,32,34-38,40,42-46H2,1-2H3,(H,65,70)/b14-12-,20-18-,25-23+,26-24-,33-31+,41-39+. The number of hydrogen-bond acceptors (Lipinski definition) is 18. The lowest BCUT2D eigenvalue weighted by molar-refractivity contribution is -0.379. The number of carbonyl (C=O) groups excluding carboxylic acids is 1. The largest absolute Gasteiger partial charge is 0.394 e. The second-order valence-electron chi connectivity index (χ2n) is 22.5. The van der Waals surface area contributed by atoms with Crippen molar-refractivity contribution in [2.75, 3.05) is 26.4 Å². The summed E-state index contributed by atoms with van der Waals surface area (Å²) in [4.78, 5) is 13.3. The Morgan fingerprint density at radius 1 is 0.434 bits per heavy atom. The van der Waals surface area contributed by atoms with Crippen LogP contribution in [0.25, 0.3) is 0 Å². The summed E-state index contributed by atoms with van der Waals surface area (Å²) >= 11 is 0. The van der Waals surface area contributed by atoms with E-state index in [1.54, 1.807) is 6.08 Å². The molecule has 0 aromatic heterocycles. The van der Waals surface area contributed by atoms with E-state index in [4.69, 9.17) is 28.4 Å². The molecule has 3 aliphatic rings. The van der Waals surface area contributed by atoms with Crippen molar-refractivity contribution in [2.45, 2.75) is 298 Å². The van der Waals surface area contributed by atoms with E-state index in [1.807, 2.05) is 6.08 Å². The number of ether oxygens (including phenoxy) is 6. The fourth-order valence-electron chi connectivity index (χ4n) is 10.2. The van der Waals surface area contributed by atoms with E-state index in [-0.39, 0.29) is 18.9 Å². The maximum Gasteiger partial charge on any atom is 0.220 e. The molecule has 17 atom stereocenters. The van der Waals surface area contributed by atoms with Gasteiger partial charge >= 0.3 is 0 Å². The topological polar surface area (TPSA) is 307 Å². The van der Waals surface area contributed by atoms with Gasteiger partial charge in [-0.25, -0.2) is 0 Å². The van der Waals surface area contributed by atoms with Gasteiger partial charge in [0.25, 0.3) is 0 Å². The molecule has 17 unspecified atom stereocenters. The van der Waals surface area contributed by atoms with Gasteiger partial charge in [-0.15, -0.1) is 0 Å². The van der Waals surface area contributed by atoms with Crippen LogP contribution < -0.4 is 5.32 Å². The first-order valence-electron chi connectivity index (χ1n) is 31.7. The Labute approximate surface area is 496 Å². The van der Waals surface area contributed by atoms with Gasteiger partial charge < -0.3 is 89.9 Å². The Kier molecular flexibility index (Phi) is 41.6. The summed E-state index contributed by atoms with van der Waals surface area (Å²) < 4.78 is 34.2. The maximum atomic E-state index is 13.3. The second kappa shape index (κ2) is 46.4. The first-order chi connectivity index (χ1) is 40.3. The van der Waals surface area contributed by atoms with Crippen molar-refractivity contribution >= 4 is 5.91 Å². The average Bonchev–Trinajstić information content (AvgIpc) is 3.43. The molecule has 19 nitrogen and oxygen atoms in total. The number of hydrogen-bond donors (Lipinski definition) is 12. The normalized spacial score (nSPS) is 29.9. The van der Waals surface area contributed by atoms with Crippen molar-refractivity contribution in [1.82, 2.24) is 5.32 Å². The number of unbranched alkanes of at least 4 members (excludes halogenated alkanes) is 20. The summed E-state index contributed by atoms with van der Waals surface area (Å²) in [5.41, 5.74) is 0. The van der Waals surface area contributed by atoms with Crippen LogP contribution in [0.4, 0.5) is 0 Å². The third kappa shape index (κ3) is 29.7. The summed E-state index contributed by atoms with van der Waals surface area (Å²) in [7, 11) is 0. The van der Waals surface area contributed by atoms with Crippen LogP contribution in [0.15, 0.2) is 72.9 Å². The van der Waals surface area contributed by atoms with Crippen molar-refractivity contribution in [2.24, 2.45) is 0 Å². The van der Waals surface area contributed by atoms with Crippen LogP contribution in [0.2, 0.25) is 0 Å². The van der Waals surface area contributed by atoms with Crippen LogP contribution in [0.5, 0.6) is 0 Å². The molecule has 0 aromatic rings. The molecule has 0 spiro atoms. The van der Waals surface area contributed by atoms with E-state index in [1.165, 1.54) is 77.0 Å². The molecule has 1 amide bonds. The Bertz CT molecular complexity index is 1790. The summed E-state index contributed by atoms with van der Waals surface area (Å²) in [6.45, 7) is 1.64. The zero-order chi connectivity index (χ0) is 60.5. The zero-order valence-corrected chi connectivity index (χ0v) is 50.1. The van der Waals surface area contributed by atoms with Gasteiger partial charge in [-0.05, 0) is 83.5 Å². The molecule has 3 fully saturated rings. The monoisotopic (exact) mass is 1180 g/mol. The Hall–Kier alpha value is -2.77. The average molecular weight is 1180 g/mol. The van der Waals surface area contributed by atoms with Crippen molar-refractivity contribution in [3.05, 3.63) is 72.9 Å². The summed E-state index contributed by atoms with van der Waals surface area (Å²) in [6, 6.07) is -1.01. The second-order valence-corrected chi connectivity index (χ2v) is 22.5. The predicted molar refractivity (Wildman–Crippen MR) is 318 cm³/mol. The first kappa shape index (κ1) is 74.5. The van der Waals surface area contributed by atoms with Crippen LogP contribution in [-0.4, -0.2) is 193 Å². The number of carbonyl (C=O) groups is 1. The van der Waals surface area contributed by atoms with Crippen molar-refractivity contribution < 1.29 is 89.4 Å². The molecular weight excluding hydrogens is 1070 g/mol. The molecule has 83 heavy (non-hydrogen) atoms. The number of aliphatic hydroxyl groups excluding tert-OH is 11. The lowest BCUT2D eigenvalue weighted by Gasteiger charge is -2.48. The van der Waals surface area contributed by atoms with Crippen LogP contribution in [0.3, 0.4) is 0 Å². The highest BCUT2D eigenvalue weighted by atomic mass is 16.8. The van der Waals surface area contributed by atoms with E-state index in [0.717, 1.165) is 83.5 Å². The van der Waals surface area contributed by atoms with Crippen LogP contribution in [-0.2, 0) is 33.2 Å². The van der Waals surface area contributed by atoms with Crippen molar-refractivity contribution in [3.63, 3.8) is 0 Å². The maximum absolute atomic E-state index is 13.3. The zero-order valence-electron chi connectivity index (χ0n) is 50.1. The minimum absolute atomic E-state index is 0.214. The molecule has 0 bridgehead atoms. The fraction of sp³-hybridized carbons (Fsp3) is 0.797. The molecule has 3 rings (SSSR count). The van der Waals surface area contributed by atoms with Gasteiger partial charge in [0.05, 0.1) is 38.6 Å². The molecule has 0 saturated carbocycles. The minimum atomic E-state index is -1.99. The highest BCUT2D eigenvalue weighted by Gasteiger charge is 2.53. The van der Waals surface area contributed by atoms with Gasteiger partial charge in [-0.2, -0.15) is 0 Å². The van der Waals surface area contributed by atoms with Gasteiger partial charge in [0.2, 0.25) is 5.91 Å². The Balaban J connectivity index is 1.51. The lowest BCUT2D eigenvalue weighted by Crippen LogP contribution is -2.66. The molecule has 3 aliphatic heterocycles. The molecule has 3 saturated heterocycles. The lowest BCUT2D eigenvalue weighted by atomic mass is 9.96. The van der Waals surface area contributed by atoms with Crippen LogP contribution in [0, 0.1) is 0 Å². The van der Waals surface area contributed by atoms with E-state index in [0.29, 0.717) is 12.8 Å². The van der Waals surface area contributed by atoms with Crippen molar-refractivity contribution in [3.8, 4) is 0 Å². The Morgan fingerprint density at radius 3 is 1.31 bits per heavy atom. The number of nitrogens with one attached hydrogen (secondary N) is 1. The highest BCUT2D eigenvalue weighted by Crippen LogP contribution is 2.33. The minimum Gasteiger partial charge on any atom is -0.394 e. The third-order valence-corrected chi connectivity index (χ3v) is 15.5. The fourth-order valence-corrected chi connectivity index (χ4v) is 10.2. The number of amides is 1. The van der Waals surface area contributed by atoms with Crippen LogP contribution in [0.1, 0.15) is 194 Å². The molecular formula is C64H111NO18. The highest BCUT2D eigenvalue weighted by molar-refractivity contribution is 5.76. The molecule has 3 heterocycles. The number of allylic oxidation sites excluding steroid dienone is 11. The van der Waals surface area contributed by atoms with E-state index >= 15 is 0 Å². The predicted octanol–water partition coefficient (Wildman–Crippen LogP) is 6.60. The number of aliphatic hydroxyl groups is 11. The quantitative estimate of drug-likeness (QED) is 0.0226. The molecule has 0 radical (unpaired) electrons.